The molecular weight excluding hydrogens is 236 g/mol. The summed E-state index contributed by atoms with van der Waals surface area (Å²) in [4.78, 5) is 2.66. The highest BCUT2D eigenvalue weighted by Crippen LogP contribution is 2.23. The van der Waals surface area contributed by atoms with Gasteiger partial charge in [-0.2, -0.15) is 0 Å². The number of hydrogen-bond donors (Lipinski definition) is 1. The lowest BCUT2D eigenvalue weighted by Crippen LogP contribution is -2.49. The zero-order valence-corrected chi connectivity index (χ0v) is 12.0. The number of likely N-dealkylation sites (tertiary alicyclic amines) is 1. The number of nitrogens with zero attached hydrogens (tertiary/aromatic N) is 1. The molecule has 4 heteroatoms. The average molecular weight is 263 g/mol. The van der Waals surface area contributed by atoms with E-state index >= 15 is 0 Å². The fraction of sp³-hybridized carbons (Fsp3) is 1.00. The predicted molar refractivity (Wildman–Crippen MR) is 73.7 cm³/mol. The summed E-state index contributed by atoms with van der Waals surface area (Å²) in [5, 5.41) is 3.48. The summed E-state index contributed by atoms with van der Waals surface area (Å²) in [6.07, 6.45) is 6.74. The first-order valence-corrected chi connectivity index (χ1v) is 6.88. The Morgan fingerprint density at radius 3 is 2.76 bits per heavy atom. The normalized spacial score (nSPS) is 31.2. The zero-order valence-electron chi connectivity index (χ0n) is 11.2. The Bertz CT molecular complexity index is 208. The topological polar surface area (TPSA) is 24.5 Å². The van der Waals surface area contributed by atoms with Gasteiger partial charge in [-0.05, 0) is 46.2 Å². The molecule has 0 amide bonds. The van der Waals surface area contributed by atoms with Crippen LogP contribution in [0.2, 0.25) is 0 Å². The van der Waals surface area contributed by atoms with Gasteiger partial charge in [-0.25, -0.2) is 0 Å². The van der Waals surface area contributed by atoms with E-state index in [4.69, 9.17) is 4.74 Å². The zero-order chi connectivity index (χ0) is 11.4. The van der Waals surface area contributed by atoms with Gasteiger partial charge in [0.1, 0.15) is 6.23 Å². The molecule has 0 aromatic rings. The average Bonchev–Trinajstić information content (AvgIpc) is 2.31. The van der Waals surface area contributed by atoms with E-state index in [0.717, 1.165) is 32.0 Å². The van der Waals surface area contributed by atoms with Gasteiger partial charge in [0.05, 0.1) is 0 Å². The molecule has 2 atom stereocenters. The van der Waals surface area contributed by atoms with Gasteiger partial charge in [-0.3, -0.25) is 10.2 Å². The predicted octanol–water partition coefficient (Wildman–Crippen LogP) is 2.40. The van der Waals surface area contributed by atoms with E-state index in [1.807, 2.05) is 0 Å². The second-order valence-corrected chi connectivity index (χ2v) is 5.38. The van der Waals surface area contributed by atoms with Gasteiger partial charge in [0, 0.05) is 25.1 Å². The minimum Gasteiger partial charge on any atom is -0.363 e. The van der Waals surface area contributed by atoms with Crippen LogP contribution in [0.4, 0.5) is 0 Å². The van der Waals surface area contributed by atoms with Crippen molar-refractivity contribution in [1.82, 2.24) is 10.2 Å². The largest absolute Gasteiger partial charge is 0.363 e. The van der Waals surface area contributed by atoms with Gasteiger partial charge in [0.15, 0.2) is 0 Å². The second kappa shape index (κ2) is 7.57. The molecule has 0 aliphatic carbocycles. The molecule has 0 spiro atoms. The first-order valence-electron chi connectivity index (χ1n) is 6.88. The van der Waals surface area contributed by atoms with Crippen molar-refractivity contribution in [3.63, 3.8) is 0 Å². The van der Waals surface area contributed by atoms with Crippen LogP contribution in [0.5, 0.6) is 0 Å². The van der Waals surface area contributed by atoms with Crippen LogP contribution in [0, 0.1) is 0 Å². The summed E-state index contributed by atoms with van der Waals surface area (Å²) in [7, 11) is 0. The molecule has 2 unspecified atom stereocenters. The smallest absolute Gasteiger partial charge is 0.109 e. The monoisotopic (exact) mass is 262 g/mol. The van der Waals surface area contributed by atoms with Crippen molar-refractivity contribution in [2.24, 2.45) is 0 Å². The molecule has 0 aromatic heterocycles. The van der Waals surface area contributed by atoms with Crippen molar-refractivity contribution in [3.05, 3.63) is 0 Å². The van der Waals surface area contributed by atoms with E-state index in [1.165, 1.54) is 25.8 Å². The van der Waals surface area contributed by atoms with E-state index in [9.17, 15) is 0 Å². The lowest BCUT2D eigenvalue weighted by atomic mass is 9.97. The highest BCUT2D eigenvalue weighted by molar-refractivity contribution is 5.85. The van der Waals surface area contributed by atoms with Crippen LogP contribution >= 0.6 is 12.4 Å². The standard InChI is InChI=1S/C13H26N2O.ClH/c1-11(2)15-8-4-3-6-12(15)10-13-14-7-5-9-16-13;/h11-14H,3-10H2,1-2H3;1H. The Labute approximate surface area is 112 Å². The van der Waals surface area contributed by atoms with Crippen LogP contribution in [-0.4, -0.2) is 42.9 Å². The van der Waals surface area contributed by atoms with Crippen LogP contribution in [-0.2, 0) is 4.74 Å². The number of ether oxygens (including phenoxy) is 1. The van der Waals surface area contributed by atoms with Gasteiger partial charge < -0.3 is 4.74 Å². The van der Waals surface area contributed by atoms with Gasteiger partial charge in [-0.15, -0.1) is 12.4 Å². The number of hydrogen-bond acceptors (Lipinski definition) is 3. The fourth-order valence-electron chi connectivity index (χ4n) is 2.97. The Kier molecular flexibility index (Phi) is 6.78. The summed E-state index contributed by atoms with van der Waals surface area (Å²) in [6, 6.07) is 1.40. The Balaban J connectivity index is 0.00000144. The molecule has 1 N–H and O–H groups in total. The van der Waals surface area contributed by atoms with E-state index < -0.39 is 0 Å². The fourth-order valence-corrected chi connectivity index (χ4v) is 2.97. The van der Waals surface area contributed by atoms with Crippen molar-refractivity contribution in [3.8, 4) is 0 Å². The quantitative estimate of drug-likeness (QED) is 0.845. The SMILES string of the molecule is CC(C)N1CCCCC1CC1NCCCO1.Cl. The van der Waals surface area contributed by atoms with Crippen LogP contribution < -0.4 is 5.32 Å². The molecule has 2 aliphatic heterocycles. The first-order chi connectivity index (χ1) is 7.77. The van der Waals surface area contributed by atoms with Crippen molar-refractivity contribution in [1.29, 1.82) is 0 Å². The van der Waals surface area contributed by atoms with E-state index in [1.54, 1.807) is 0 Å². The van der Waals surface area contributed by atoms with E-state index in [2.05, 4.69) is 24.1 Å². The molecule has 102 valence electrons. The molecule has 0 saturated carbocycles. The highest BCUT2D eigenvalue weighted by atomic mass is 35.5. The third-order valence-corrected chi connectivity index (χ3v) is 3.83. The van der Waals surface area contributed by atoms with Crippen LogP contribution in [0.3, 0.4) is 0 Å². The van der Waals surface area contributed by atoms with E-state index in [0.29, 0.717) is 12.3 Å². The molecule has 2 saturated heterocycles. The summed E-state index contributed by atoms with van der Waals surface area (Å²) in [5.41, 5.74) is 0. The Morgan fingerprint density at radius 1 is 1.29 bits per heavy atom. The molecule has 3 nitrogen and oxygen atoms in total. The molecule has 2 aliphatic rings. The lowest BCUT2D eigenvalue weighted by Gasteiger charge is -2.40. The molecule has 0 aromatic carbocycles. The summed E-state index contributed by atoms with van der Waals surface area (Å²) < 4.78 is 5.77. The highest BCUT2D eigenvalue weighted by Gasteiger charge is 2.27. The van der Waals surface area contributed by atoms with Crippen molar-refractivity contribution in [2.75, 3.05) is 19.7 Å². The maximum atomic E-state index is 5.77. The van der Waals surface area contributed by atoms with Crippen LogP contribution in [0.1, 0.15) is 46.0 Å². The number of halogens is 1. The van der Waals surface area contributed by atoms with Gasteiger partial charge in [0.25, 0.3) is 0 Å². The molecule has 0 radical (unpaired) electrons. The molecule has 2 rings (SSSR count). The second-order valence-electron chi connectivity index (χ2n) is 5.38. The number of rotatable bonds is 3. The molecule has 17 heavy (non-hydrogen) atoms. The van der Waals surface area contributed by atoms with Crippen molar-refractivity contribution >= 4 is 12.4 Å². The third-order valence-electron chi connectivity index (χ3n) is 3.83. The minimum absolute atomic E-state index is 0. The Morgan fingerprint density at radius 2 is 2.12 bits per heavy atom. The van der Waals surface area contributed by atoms with Gasteiger partial charge in [-0.1, -0.05) is 6.42 Å². The number of piperidine rings is 1. The van der Waals surface area contributed by atoms with Crippen LogP contribution in [0.15, 0.2) is 0 Å². The molecule has 2 heterocycles. The third kappa shape index (κ3) is 4.40. The summed E-state index contributed by atoms with van der Waals surface area (Å²) >= 11 is 0. The van der Waals surface area contributed by atoms with Crippen LogP contribution in [0.25, 0.3) is 0 Å². The molecule has 0 bridgehead atoms. The maximum Gasteiger partial charge on any atom is 0.109 e. The summed E-state index contributed by atoms with van der Waals surface area (Å²) in [5.74, 6) is 0. The molecular formula is C13H27ClN2O. The van der Waals surface area contributed by atoms with E-state index in [-0.39, 0.29) is 12.4 Å². The minimum atomic E-state index is 0. The summed E-state index contributed by atoms with van der Waals surface area (Å²) in [6.45, 7) is 7.96. The Hall–Kier alpha value is 0.170. The van der Waals surface area contributed by atoms with Crippen molar-refractivity contribution in [2.45, 2.75) is 64.3 Å². The first kappa shape index (κ1) is 15.2. The maximum absolute atomic E-state index is 5.77. The van der Waals surface area contributed by atoms with Gasteiger partial charge >= 0.3 is 0 Å². The van der Waals surface area contributed by atoms with Crippen molar-refractivity contribution < 1.29 is 4.74 Å². The number of nitrogens with one attached hydrogen (secondary N) is 1. The molecule has 2 fully saturated rings. The van der Waals surface area contributed by atoms with Gasteiger partial charge in [0.2, 0.25) is 0 Å². The lowest BCUT2D eigenvalue weighted by molar-refractivity contribution is -0.0294.